The summed E-state index contributed by atoms with van der Waals surface area (Å²) in [5.74, 6) is -0.343. The Morgan fingerprint density at radius 1 is 0.963 bits per heavy atom. The molecule has 0 unspecified atom stereocenters. The summed E-state index contributed by atoms with van der Waals surface area (Å²) >= 11 is 0. The van der Waals surface area contributed by atoms with Gasteiger partial charge in [0.2, 0.25) is 5.91 Å². The highest BCUT2D eigenvalue weighted by Crippen LogP contribution is 2.22. The van der Waals surface area contributed by atoms with Crippen LogP contribution in [0.1, 0.15) is 78.1 Å². The molecule has 1 fully saturated rings. The van der Waals surface area contributed by atoms with Gasteiger partial charge in [0.1, 0.15) is 24.4 Å². The lowest BCUT2D eigenvalue weighted by Gasteiger charge is -2.42. The molecule has 5 atom stereocenters. The van der Waals surface area contributed by atoms with Gasteiger partial charge >= 0.3 is 0 Å². The number of rotatable bonds is 14. The Labute approximate surface area is 163 Å². The fourth-order valence-electron chi connectivity index (χ4n) is 3.40. The highest BCUT2D eigenvalue weighted by molar-refractivity contribution is 5.73. The molecule has 1 heterocycles. The first kappa shape index (κ1) is 24.3. The van der Waals surface area contributed by atoms with Crippen LogP contribution in [0, 0.1) is 0 Å². The molecule has 0 aliphatic carbocycles. The van der Waals surface area contributed by atoms with Gasteiger partial charge in [0.25, 0.3) is 0 Å². The van der Waals surface area contributed by atoms with Crippen LogP contribution in [0.4, 0.5) is 0 Å². The number of aliphatic hydroxyl groups is 3. The molecule has 0 saturated carbocycles. The van der Waals surface area contributed by atoms with Crippen LogP contribution in [0.15, 0.2) is 0 Å². The summed E-state index contributed by atoms with van der Waals surface area (Å²) in [6.07, 6.45) is 7.87. The van der Waals surface area contributed by atoms with Gasteiger partial charge in [0.15, 0.2) is 6.29 Å². The zero-order valence-electron chi connectivity index (χ0n) is 16.9. The molecular formula is C20H39NO6. The fraction of sp³-hybridized carbons (Fsp3) is 0.950. The number of carbonyl (C=O) groups excluding carboxylic acids is 1. The Morgan fingerprint density at radius 2 is 1.52 bits per heavy atom. The van der Waals surface area contributed by atoms with Gasteiger partial charge in [-0.3, -0.25) is 4.79 Å². The summed E-state index contributed by atoms with van der Waals surface area (Å²) in [6, 6.07) is -0.858. The van der Waals surface area contributed by atoms with Crippen molar-refractivity contribution in [1.82, 2.24) is 5.32 Å². The van der Waals surface area contributed by atoms with Crippen molar-refractivity contribution >= 4 is 5.91 Å². The molecule has 7 heteroatoms. The zero-order chi connectivity index (χ0) is 20.1. The van der Waals surface area contributed by atoms with E-state index in [9.17, 15) is 20.1 Å². The number of aliphatic hydroxyl groups excluding tert-OH is 3. The first-order valence-corrected chi connectivity index (χ1v) is 10.5. The molecule has 1 rings (SSSR count). The van der Waals surface area contributed by atoms with E-state index in [0.29, 0.717) is 6.61 Å². The van der Waals surface area contributed by atoms with Gasteiger partial charge in [0, 0.05) is 13.5 Å². The van der Waals surface area contributed by atoms with E-state index >= 15 is 0 Å². The lowest BCUT2D eigenvalue weighted by Crippen LogP contribution is -2.64. The standard InChI is InChI=1S/C20H39NO6/c1-3-4-5-6-7-8-9-10-11-12-13-26-20-17(21-15(2)23)19(25)18(24)16(14-22)27-20/h16-20,22,24-25H,3-14H2,1-2H3,(H,21,23)/t16-,17+,18+,19-,20-/m0/s1. The van der Waals surface area contributed by atoms with Crippen molar-refractivity contribution in [3.05, 3.63) is 0 Å². The van der Waals surface area contributed by atoms with Gasteiger partial charge in [-0.15, -0.1) is 0 Å². The molecule has 7 nitrogen and oxygen atoms in total. The second-order valence-electron chi connectivity index (χ2n) is 7.49. The average molecular weight is 390 g/mol. The Hall–Kier alpha value is -0.730. The van der Waals surface area contributed by atoms with Gasteiger partial charge in [-0.25, -0.2) is 0 Å². The molecule has 0 aromatic rings. The van der Waals surface area contributed by atoms with Gasteiger partial charge in [-0.1, -0.05) is 64.7 Å². The minimum atomic E-state index is -1.27. The molecule has 160 valence electrons. The zero-order valence-corrected chi connectivity index (χ0v) is 16.9. The topological polar surface area (TPSA) is 108 Å². The van der Waals surface area contributed by atoms with Crippen LogP contribution in [-0.2, 0) is 14.3 Å². The summed E-state index contributed by atoms with van der Waals surface area (Å²) in [7, 11) is 0. The maximum absolute atomic E-state index is 11.4. The molecule has 0 spiro atoms. The van der Waals surface area contributed by atoms with Gasteiger partial charge in [0.05, 0.1) is 6.61 Å². The van der Waals surface area contributed by atoms with Crippen molar-refractivity contribution in [2.45, 2.75) is 109 Å². The van der Waals surface area contributed by atoms with Crippen LogP contribution in [0.2, 0.25) is 0 Å². The number of ether oxygens (including phenoxy) is 2. The maximum atomic E-state index is 11.4. The summed E-state index contributed by atoms with van der Waals surface area (Å²) in [5.41, 5.74) is 0. The van der Waals surface area contributed by atoms with E-state index in [0.717, 1.165) is 12.8 Å². The molecule has 0 bridgehead atoms. The Balaban J connectivity index is 2.23. The van der Waals surface area contributed by atoms with Crippen LogP contribution in [0.5, 0.6) is 0 Å². The largest absolute Gasteiger partial charge is 0.394 e. The molecule has 1 aliphatic rings. The molecule has 0 aromatic carbocycles. The summed E-state index contributed by atoms with van der Waals surface area (Å²) in [6.45, 7) is 3.57. The molecule has 1 aliphatic heterocycles. The lowest BCUT2D eigenvalue weighted by molar-refractivity contribution is -0.270. The summed E-state index contributed by atoms with van der Waals surface area (Å²) in [5, 5.41) is 32.0. The normalized spacial score (nSPS) is 28.3. The highest BCUT2D eigenvalue weighted by Gasteiger charge is 2.45. The number of carbonyl (C=O) groups is 1. The van der Waals surface area contributed by atoms with E-state index in [2.05, 4.69) is 12.2 Å². The first-order chi connectivity index (χ1) is 13.0. The third-order valence-corrected chi connectivity index (χ3v) is 5.03. The number of amides is 1. The molecule has 27 heavy (non-hydrogen) atoms. The van der Waals surface area contributed by atoms with Crippen molar-refractivity contribution in [3.8, 4) is 0 Å². The maximum Gasteiger partial charge on any atom is 0.217 e. The summed E-state index contributed by atoms with van der Waals surface area (Å²) in [4.78, 5) is 11.4. The van der Waals surface area contributed by atoms with E-state index < -0.39 is 37.3 Å². The number of hydrogen-bond acceptors (Lipinski definition) is 6. The Morgan fingerprint density at radius 3 is 2.04 bits per heavy atom. The minimum Gasteiger partial charge on any atom is -0.394 e. The SMILES string of the molecule is CCCCCCCCCCCCO[C@H]1O[C@@H](CO)[C@@H](O)[C@@H](O)[C@H]1NC(C)=O. The van der Waals surface area contributed by atoms with E-state index in [1.54, 1.807) is 0 Å². The molecule has 4 N–H and O–H groups in total. The quantitative estimate of drug-likeness (QED) is 0.338. The smallest absolute Gasteiger partial charge is 0.217 e. The predicted octanol–water partition coefficient (Wildman–Crippen LogP) is 1.87. The highest BCUT2D eigenvalue weighted by atomic mass is 16.7. The van der Waals surface area contributed by atoms with Crippen LogP contribution < -0.4 is 5.32 Å². The predicted molar refractivity (Wildman–Crippen MR) is 103 cm³/mol. The fourth-order valence-corrected chi connectivity index (χ4v) is 3.40. The monoisotopic (exact) mass is 389 g/mol. The van der Waals surface area contributed by atoms with Gasteiger partial charge < -0.3 is 30.1 Å². The van der Waals surface area contributed by atoms with E-state index in [-0.39, 0.29) is 5.91 Å². The average Bonchev–Trinajstić information content (AvgIpc) is 2.64. The Kier molecular flexibility index (Phi) is 12.9. The Bertz CT molecular complexity index is 395. The molecule has 1 saturated heterocycles. The third kappa shape index (κ3) is 9.34. The molecular weight excluding hydrogens is 350 g/mol. The van der Waals surface area contributed by atoms with Crippen LogP contribution in [0.3, 0.4) is 0 Å². The summed E-state index contributed by atoms with van der Waals surface area (Å²) < 4.78 is 11.2. The minimum absolute atomic E-state index is 0.343. The second-order valence-corrected chi connectivity index (χ2v) is 7.49. The number of nitrogens with one attached hydrogen (secondary N) is 1. The van der Waals surface area contributed by atoms with Crippen molar-refractivity contribution < 1.29 is 29.6 Å². The van der Waals surface area contributed by atoms with Crippen LogP contribution in [-0.4, -0.2) is 65.1 Å². The van der Waals surface area contributed by atoms with Crippen LogP contribution >= 0.6 is 0 Å². The van der Waals surface area contributed by atoms with Gasteiger partial charge in [-0.2, -0.15) is 0 Å². The van der Waals surface area contributed by atoms with Crippen molar-refractivity contribution in [2.75, 3.05) is 13.2 Å². The first-order valence-electron chi connectivity index (χ1n) is 10.5. The number of hydrogen-bond donors (Lipinski definition) is 4. The van der Waals surface area contributed by atoms with E-state index in [1.807, 2.05) is 0 Å². The van der Waals surface area contributed by atoms with E-state index in [1.165, 1.54) is 58.3 Å². The second kappa shape index (κ2) is 14.3. The van der Waals surface area contributed by atoms with Crippen LogP contribution in [0.25, 0.3) is 0 Å². The van der Waals surface area contributed by atoms with Crippen molar-refractivity contribution in [3.63, 3.8) is 0 Å². The molecule has 1 amide bonds. The molecule has 0 aromatic heterocycles. The van der Waals surface area contributed by atoms with E-state index in [4.69, 9.17) is 9.47 Å². The van der Waals surface area contributed by atoms with Gasteiger partial charge in [-0.05, 0) is 6.42 Å². The third-order valence-electron chi connectivity index (χ3n) is 5.03. The molecule has 0 radical (unpaired) electrons. The van der Waals surface area contributed by atoms with Crippen molar-refractivity contribution in [1.29, 1.82) is 0 Å². The number of unbranched alkanes of at least 4 members (excludes halogenated alkanes) is 9. The van der Waals surface area contributed by atoms with Crippen molar-refractivity contribution in [2.24, 2.45) is 0 Å². The lowest BCUT2D eigenvalue weighted by atomic mass is 9.97.